The maximum absolute atomic E-state index is 11.5. The Morgan fingerprint density at radius 3 is 2.00 bits per heavy atom. The molecular formula is C25H46O4. The van der Waals surface area contributed by atoms with E-state index >= 15 is 0 Å². The fourth-order valence-corrected chi connectivity index (χ4v) is 3.35. The summed E-state index contributed by atoms with van der Waals surface area (Å²) >= 11 is 0. The standard InChI is InChI=1S/C13H22O2.C10H20O2.C2H4/c1-2-3-4-5-12(14)8-6-11-7-9-13(15)10-11;1-3-4-5-6-7-8-9-10(11)12-2;1-2/h11H,2-10H2,1H3;3-9H2,1-2H3;1-2H2. The second kappa shape index (κ2) is 22.8. The SMILES string of the molecule is C=C.CCCCCC(=O)CCC1CCC(=O)C1.CCCCCCCCC(=O)OC. The largest absolute Gasteiger partial charge is 0.469 e. The smallest absolute Gasteiger partial charge is 0.305 e. The zero-order chi connectivity index (χ0) is 22.3. The highest BCUT2D eigenvalue weighted by Gasteiger charge is 2.22. The van der Waals surface area contributed by atoms with Crippen molar-refractivity contribution in [1.82, 2.24) is 0 Å². The van der Waals surface area contributed by atoms with E-state index in [-0.39, 0.29) is 5.97 Å². The van der Waals surface area contributed by atoms with Crippen LogP contribution in [0.3, 0.4) is 0 Å². The van der Waals surface area contributed by atoms with Gasteiger partial charge in [-0.15, -0.1) is 13.2 Å². The van der Waals surface area contributed by atoms with Gasteiger partial charge < -0.3 is 4.74 Å². The van der Waals surface area contributed by atoms with Crippen molar-refractivity contribution in [3.8, 4) is 0 Å². The molecule has 0 aromatic carbocycles. The molecule has 1 unspecified atom stereocenters. The van der Waals surface area contributed by atoms with Crippen LogP contribution in [0.15, 0.2) is 13.2 Å². The lowest BCUT2D eigenvalue weighted by atomic mass is 9.98. The van der Waals surface area contributed by atoms with Gasteiger partial charge in [0.25, 0.3) is 0 Å². The summed E-state index contributed by atoms with van der Waals surface area (Å²) in [5.41, 5.74) is 0. The Labute approximate surface area is 179 Å². The third-order valence-electron chi connectivity index (χ3n) is 5.20. The fourth-order valence-electron chi connectivity index (χ4n) is 3.35. The highest BCUT2D eigenvalue weighted by atomic mass is 16.5. The molecule has 4 heteroatoms. The zero-order valence-electron chi connectivity index (χ0n) is 19.4. The van der Waals surface area contributed by atoms with Gasteiger partial charge >= 0.3 is 5.97 Å². The van der Waals surface area contributed by atoms with Gasteiger partial charge in [0.05, 0.1) is 7.11 Å². The predicted molar refractivity (Wildman–Crippen MR) is 122 cm³/mol. The number of carbonyl (C=O) groups is 3. The van der Waals surface area contributed by atoms with Crippen molar-refractivity contribution in [3.63, 3.8) is 0 Å². The lowest BCUT2D eigenvalue weighted by Gasteiger charge is -2.06. The van der Waals surface area contributed by atoms with Crippen LogP contribution in [-0.4, -0.2) is 24.6 Å². The van der Waals surface area contributed by atoms with E-state index in [2.05, 4.69) is 31.7 Å². The number of ether oxygens (including phenoxy) is 1. The van der Waals surface area contributed by atoms with Gasteiger partial charge in [0.1, 0.15) is 11.6 Å². The first kappa shape index (κ1) is 29.7. The van der Waals surface area contributed by atoms with Gasteiger partial charge in [0, 0.05) is 32.1 Å². The Morgan fingerprint density at radius 2 is 1.45 bits per heavy atom. The molecule has 0 spiro atoms. The second-order valence-corrected chi connectivity index (χ2v) is 7.78. The normalized spacial score (nSPS) is 15.0. The van der Waals surface area contributed by atoms with Gasteiger partial charge in [0.15, 0.2) is 0 Å². The number of esters is 1. The average molecular weight is 411 g/mol. The summed E-state index contributed by atoms with van der Waals surface area (Å²) < 4.78 is 4.54. The van der Waals surface area contributed by atoms with Gasteiger partial charge in [-0.3, -0.25) is 14.4 Å². The van der Waals surface area contributed by atoms with Crippen LogP contribution in [0.25, 0.3) is 0 Å². The third kappa shape index (κ3) is 21.1. The summed E-state index contributed by atoms with van der Waals surface area (Å²) in [7, 11) is 1.44. The molecule has 1 saturated carbocycles. The van der Waals surface area contributed by atoms with E-state index in [0.717, 1.165) is 57.8 Å². The molecule has 170 valence electrons. The van der Waals surface area contributed by atoms with Crippen LogP contribution in [0.2, 0.25) is 0 Å². The Morgan fingerprint density at radius 1 is 0.897 bits per heavy atom. The molecule has 0 saturated heterocycles. The summed E-state index contributed by atoms with van der Waals surface area (Å²) in [4.78, 5) is 33.2. The van der Waals surface area contributed by atoms with E-state index in [1.165, 1.54) is 39.2 Å². The Bertz CT molecular complexity index is 417. The van der Waals surface area contributed by atoms with Crippen LogP contribution in [0.1, 0.15) is 117 Å². The number of ketones is 2. The van der Waals surface area contributed by atoms with E-state index in [1.807, 2.05) is 0 Å². The number of methoxy groups -OCH3 is 1. The summed E-state index contributed by atoms with van der Waals surface area (Å²) in [5.74, 6) is 1.21. The highest BCUT2D eigenvalue weighted by molar-refractivity contribution is 5.81. The van der Waals surface area contributed by atoms with E-state index < -0.39 is 0 Å². The minimum Gasteiger partial charge on any atom is -0.469 e. The molecule has 0 bridgehead atoms. The van der Waals surface area contributed by atoms with E-state index in [1.54, 1.807) is 0 Å². The van der Waals surface area contributed by atoms with Gasteiger partial charge in [-0.2, -0.15) is 0 Å². The van der Waals surface area contributed by atoms with Gasteiger partial charge in [-0.25, -0.2) is 0 Å². The topological polar surface area (TPSA) is 60.4 Å². The molecule has 0 amide bonds. The fraction of sp³-hybridized carbons (Fsp3) is 0.800. The van der Waals surface area contributed by atoms with Crippen LogP contribution in [0.5, 0.6) is 0 Å². The van der Waals surface area contributed by atoms with Crippen molar-refractivity contribution in [2.45, 2.75) is 117 Å². The monoisotopic (exact) mass is 410 g/mol. The molecule has 1 atom stereocenters. The number of carbonyl (C=O) groups excluding carboxylic acids is 3. The Kier molecular flexibility index (Phi) is 23.4. The quantitative estimate of drug-likeness (QED) is 0.176. The average Bonchev–Trinajstić information content (AvgIpc) is 3.16. The molecule has 0 aliphatic heterocycles. The van der Waals surface area contributed by atoms with Gasteiger partial charge in [0.2, 0.25) is 0 Å². The number of hydrogen-bond donors (Lipinski definition) is 0. The second-order valence-electron chi connectivity index (χ2n) is 7.78. The molecule has 0 aromatic rings. The molecule has 0 aromatic heterocycles. The molecule has 29 heavy (non-hydrogen) atoms. The molecule has 1 aliphatic carbocycles. The molecule has 0 radical (unpaired) electrons. The molecule has 0 heterocycles. The molecular weight excluding hydrogens is 364 g/mol. The molecule has 0 N–H and O–H groups in total. The highest BCUT2D eigenvalue weighted by Crippen LogP contribution is 2.26. The first-order chi connectivity index (χ1) is 14.0. The number of rotatable bonds is 14. The van der Waals surface area contributed by atoms with Crippen molar-refractivity contribution in [1.29, 1.82) is 0 Å². The minimum absolute atomic E-state index is 0.0782. The van der Waals surface area contributed by atoms with Crippen molar-refractivity contribution in [2.75, 3.05) is 7.11 Å². The summed E-state index contributed by atoms with van der Waals surface area (Å²) in [6.45, 7) is 10.4. The zero-order valence-corrected chi connectivity index (χ0v) is 19.4. The first-order valence-corrected chi connectivity index (χ1v) is 11.6. The van der Waals surface area contributed by atoms with Crippen molar-refractivity contribution >= 4 is 17.5 Å². The van der Waals surface area contributed by atoms with Crippen LogP contribution in [0, 0.1) is 5.92 Å². The minimum atomic E-state index is -0.0782. The van der Waals surface area contributed by atoms with Crippen molar-refractivity contribution in [2.24, 2.45) is 5.92 Å². The number of Topliss-reactive ketones (excluding diaryl/α,β-unsaturated/α-hetero) is 2. The third-order valence-corrected chi connectivity index (χ3v) is 5.20. The van der Waals surface area contributed by atoms with E-state index in [0.29, 0.717) is 30.3 Å². The maximum atomic E-state index is 11.5. The van der Waals surface area contributed by atoms with E-state index in [9.17, 15) is 14.4 Å². The van der Waals surface area contributed by atoms with Crippen LogP contribution in [0.4, 0.5) is 0 Å². The van der Waals surface area contributed by atoms with Crippen LogP contribution < -0.4 is 0 Å². The molecule has 1 fully saturated rings. The lowest BCUT2D eigenvalue weighted by molar-refractivity contribution is -0.140. The van der Waals surface area contributed by atoms with Crippen molar-refractivity contribution < 1.29 is 19.1 Å². The summed E-state index contributed by atoms with van der Waals surface area (Å²) in [6, 6.07) is 0. The summed E-state index contributed by atoms with van der Waals surface area (Å²) in [6.07, 6.45) is 16.1. The molecule has 1 rings (SSSR count). The van der Waals surface area contributed by atoms with Gasteiger partial charge in [-0.05, 0) is 31.6 Å². The predicted octanol–water partition coefficient (Wildman–Crippen LogP) is 7.00. The maximum Gasteiger partial charge on any atom is 0.305 e. The summed E-state index contributed by atoms with van der Waals surface area (Å²) in [5, 5.41) is 0. The number of unbranched alkanes of at least 4 members (excludes halogenated alkanes) is 7. The lowest BCUT2D eigenvalue weighted by Crippen LogP contribution is -2.02. The first-order valence-electron chi connectivity index (χ1n) is 11.6. The van der Waals surface area contributed by atoms with Crippen LogP contribution >= 0.6 is 0 Å². The van der Waals surface area contributed by atoms with Crippen molar-refractivity contribution in [3.05, 3.63) is 13.2 Å². The Balaban J connectivity index is 0. The van der Waals surface area contributed by atoms with Crippen LogP contribution in [-0.2, 0) is 19.1 Å². The molecule has 4 nitrogen and oxygen atoms in total. The Hall–Kier alpha value is -1.45. The molecule has 1 aliphatic rings. The number of hydrogen-bond acceptors (Lipinski definition) is 4. The van der Waals surface area contributed by atoms with Gasteiger partial charge in [-0.1, -0.05) is 58.8 Å². The van der Waals surface area contributed by atoms with E-state index in [4.69, 9.17) is 0 Å².